The lowest BCUT2D eigenvalue weighted by Gasteiger charge is -2.27. The van der Waals surface area contributed by atoms with E-state index in [0.29, 0.717) is 35.6 Å². The molecule has 0 fully saturated rings. The van der Waals surface area contributed by atoms with Gasteiger partial charge in [-0.2, -0.15) is 8.78 Å². The Labute approximate surface area is 188 Å². The lowest BCUT2D eigenvalue weighted by atomic mass is 10.1. The van der Waals surface area contributed by atoms with Crippen molar-refractivity contribution >= 4 is 29.9 Å². The van der Waals surface area contributed by atoms with Gasteiger partial charge in [0.05, 0.1) is 6.54 Å². The molecule has 0 saturated carbocycles. The number of nitrogens with one attached hydrogen (secondary N) is 2. The molecule has 0 bridgehead atoms. The fourth-order valence-corrected chi connectivity index (χ4v) is 3.02. The lowest BCUT2D eigenvalue weighted by Crippen LogP contribution is -2.46. The van der Waals surface area contributed by atoms with Gasteiger partial charge in [-0.25, -0.2) is 4.99 Å². The van der Waals surface area contributed by atoms with Gasteiger partial charge in [-0.1, -0.05) is 13.8 Å². The number of nitrogens with zero attached hydrogens (tertiary/aromatic N) is 2. The molecule has 29 heavy (non-hydrogen) atoms. The van der Waals surface area contributed by atoms with Gasteiger partial charge in [0, 0.05) is 30.8 Å². The van der Waals surface area contributed by atoms with Crippen molar-refractivity contribution in [2.45, 2.75) is 46.9 Å². The Morgan fingerprint density at radius 3 is 2.41 bits per heavy atom. The zero-order chi connectivity index (χ0) is 20.5. The third-order valence-corrected chi connectivity index (χ3v) is 4.52. The maximum absolute atomic E-state index is 12.8. The van der Waals surface area contributed by atoms with Crippen LogP contribution in [0.1, 0.15) is 33.3 Å². The molecular formula is C19H31F2IN4O3. The molecule has 0 amide bonds. The van der Waals surface area contributed by atoms with E-state index in [9.17, 15) is 8.78 Å². The van der Waals surface area contributed by atoms with Crippen molar-refractivity contribution in [3.8, 4) is 17.2 Å². The predicted octanol–water partition coefficient (Wildman–Crippen LogP) is 3.42. The zero-order valence-corrected chi connectivity index (χ0v) is 19.7. The summed E-state index contributed by atoms with van der Waals surface area (Å²) in [5.41, 5.74) is 0.499. The second-order valence-corrected chi connectivity index (χ2v) is 6.34. The molecule has 0 radical (unpaired) electrons. The number of benzene rings is 1. The molecule has 2 rings (SSSR count). The second-order valence-electron chi connectivity index (χ2n) is 6.34. The smallest absolute Gasteiger partial charge is 0.387 e. The van der Waals surface area contributed by atoms with Crippen LogP contribution in [0, 0.1) is 0 Å². The Hall–Kier alpha value is -1.56. The first-order chi connectivity index (χ1) is 13.5. The van der Waals surface area contributed by atoms with Crippen molar-refractivity contribution in [3.63, 3.8) is 0 Å². The number of halogens is 3. The Bertz CT molecular complexity index is 661. The van der Waals surface area contributed by atoms with Crippen LogP contribution < -0.4 is 24.8 Å². The summed E-state index contributed by atoms with van der Waals surface area (Å²) in [4.78, 5) is 6.85. The fraction of sp³-hybridized carbons (Fsp3) is 0.632. The van der Waals surface area contributed by atoms with E-state index in [2.05, 4.69) is 46.0 Å². The van der Waals surface area contributed by atoms with Gasteiger partial charge in [0.1, 0.15) is 5.75 Å². The molecule has 1 atom stereocenters. The van der Waals surface area contributed by atoms with Crippen LogP contribution in [0.5, 0.6) is 17.2 Å². The molecule has 10 heteroatoms. The maximum atomic E-state index is 12.8. The number of ether oxygens (including phenoxy) is 3. The van der Waals surface area contributed by atoms with E-state index in [-0.39, 0.29) is 43.1 Å². The van der Waals surface area contributed by atoms with Crippen molar-refractivity contribution in [2.24, 2.45) is 4.99 Å². The van der Waals surface area contributed by atoms with E-state index in [1.807, 2.05) is 6.92 Å². The van der Waals surface area contributed by atoms with Gasteiger partial charge in [-0.15, -0.1) is 24.0 Å². The molecule has 1 aromatic rings. The topological polar surface area (TPSA) is 67.4 Å². The van der Waals surface area contributed by atoms with Gasteiger partial charge in [-0.3, -0.25) is 4.90 Å². The summed E-state index contributed by atoms with van der Waals surface area (Å²) in [6.07, 6.45) is 0. The molecule has 1 aromatic carbocycles. The first-order valence-corrected chi connectivity index (χ1v) is 9.61. The number of hydrogen-bond donors (Lipinski definition) is 2. The van der Waals surface area contributed by atoms with Crippen LogP contribution in [-0.2, 0) is 6.54 Å². The fourth-order valence-electron chi connectivity index (χ4n) is 3.02. The van der Waals surface area contributed by atoms with E-state index in [4.69, 9.17) is 9.47 Å². The number of guanidine groups is 1. The third-order valence-electron chi connectivity index (χ3n) is 4.52. The van der Waals surface area contributed by atoms with Crippen LogP contribution in [0.25, 0.3) is 0 Å². The normalized spacial score (nSPS) is 14.0. The summed E-state index contributed by atoms with van der Waals surface area (Å²) in [7, 11) is 0. The molecule has 0 spiro atoms. The average molecular weight is 528 g/mol. The van der Waals surface area contributed by atoms with Gasteiger partial charge >= 0.3 is 6.61 Å². The summed E-state index contributed by atoms with van der Waals surface area (Å²) >= 11 is 0. The Balaban J connectivity index is 0.00000420. The Kier molecular flexibility index (Phi) is 11.3. The molecule has 0 aromatic heterocycles. The number of rotatable bonds is 10. The number of likely N-dealkylation sites (N-methyl/N-ethyl adjacent to an activating group) is 1. The SMILES string of the molecule is CCNC(=NCc1cc2c(cc1OC(F)F)OCO2)NCC(C)N(CC)CC.I. The molecule has 0 saturated heterocycles. The highest BCUT2D eigenvalue weighted by atomic mass is 127. The minimum atomic E-state index is -2.93. The molecule has 1 aliphatic heterocycles. The number of alkyl halides is 2. The zero-order valence-electron chi connectivity index (χ0n) is 17.3. The summed E-state index contributed by atoms with van der Waals surface area (Å²) in [6, 6.07) is 3.38. The second kappa shape index (κ2) is 12.9. The first kappa shape index (κ1) is 25.5. The first-order valence-electron chi connectivity index (χ1n) is 9.61. The summed E-state index contributed by atoms with van der Waals surface area (Å²) in [6.45, 7) is 9.01. The monoisotopic (exact) mass is 528 g/mol. The highest BCUT2D eigenvalue weighted by molar-refractivity contribution is 14.0. The van der Waals surface area contributed by atoms with Gasteiger partial charge in [0.15, 0.2) is 17.5 Å². The van der Waals surface area contributed by atoms with Crippen molar-refractivity contribution in [1.82, 2.24) is 15.5 Å². The molecule has 1 aliphatic rings. The molecule has 7 nitrogen and oxygen atoms in total. The highest BCUT2D eigenvalue weighted by Crippen LogP contribution is 2.39. The lowest BCUT2D eigenvalue weighted by molar-refractivity contribution is -0.0505. The molecular weight excluding hydrogens is 497 g/mol. The largest absolute Gasteiger partial charge is 0.454 e. The number of hydrogen-bond acceptors (Lipinski definition) is 5. The highest BCUT2D eigenvalue weighted by Gasteiger charge is 2.20. The van der Waals surface area contributed by atoms with Crippen LogP contribution in [0.4, 0.5) is 8.78 Å². The maximum Gasteiger partial charge on any atom is 0.387 e. The summed E-state index contributed by atoms with van der Waals surface area (Å²) in [5, 5.41) is 6.48. The molecule has 0 aliphatic carbocycles. The molecule has 2 N–H and O–H groups in total. The average Bonchev–Trinajstić information content (AvgIpc) is 3.11. The van der Waals surface area contributed by atoms with E-state index >= 15 is 0 Å². The van der Waals surface area contributed by atoms with Crippen LogP contribution in [0.15, 0.2) is 17.1 Å². The van der Waals surface area contributed by atoms with E-state index in [1.165, 1.54) is 6.07 Å². The molecule has 1 heterocycles. The predicted molar refractivity (Wildman–Crippen MR) is 120 cm³/mol. The summed E-state index contributed by atoms with van der Waals surface area (Å²) in [5.74, 6) is 1.54. The van der Waals surface area contributed by atoms with E-state index < -0.39 is 6.61 Å². The van der Waals surface area contributed by atoms with Gasteiger partial charge in [-0.05, 0) is 33.0 Å². The minimum absolute atomic E-state index is 0. The standard InChI is InChI=1S/C19H30F2N4O3.HI/c1-5-22-19(23-10-13(4)25(6-2)7-3)24-11-14-8-16-17(27-12-26-16)9-15(14)28-18(20)21;/h8-9,13,18H,5-7,10-12H2,1-4H3,(H2,22,23,24);1H. The Morgan fingerprint density at radius 2 is 1.83 bits per heavy atom. The quantitative estimate of drug-likeness (QED) is 0.276. The Morgan fingerprint density at radius 1 is 1.17 bits per heavy atom. The minimum Gasteiger partial charge on any atom is -0.454 e. The molecule has 166 valence electrons. The summed E-state index contributed by atoms with van der Waals surface area (Å²) < 4.78 is 40.7. The van der Waals surface area contributed by atoms with Gasteiger partial charge in [0.2, 0.25) is 6.79 Å². The van der Waals surface area contributed by atoms with Crippen LogP contribution >= 0.6 is 24.0 Å². The third kappa shape index (κ3) is 7.65. The number of aliphatic imine (C=N–C) groups is 1. The van der Waals surface area contributed by atoms with Crippen molar-refractivity contribution in [3.05, 3.63) is 17.7 Å². The van der Waals surface area contributed by atoms with Crippen molar-refractivity contribution < 1.29 is 23.0 Å². The van der Waals surface area contributed by atoms with Crippen molar-refractivity contribution in [2.75, 3.05) is 33.0 Å². The van der Waals surface area contributed by atoms with Crippen LogP contribution in [0.2, 0.25) is 0 Å². The molecule has 1 unspecified atom stereocenters. The van der Waals surface area contributed by atoms with Gasteiger partial charge in [0.25, 0.3) is 0 Å². The van der Waals surface area contributed by atoms with Gasteiger partial charge < -0.3 is 24.8 Å². The number of fused-ring (bicyclic) bond motifs is 1. The van der Waals surface area contributed by atoms with Crippen molar-refractivity contribution in [1.29, 1.82) is 0 Å². The van der Waals surface area contributed by atoms with Crippen LogP contribution in [0.3, 0.4) is 0 Å². The van der Waals surface area contributed by atoms with Crippen LogP contribution in [-0.4, -0.2) is 56.5 Å². The van der Waals surface area contributed by atoms with E-state index in [1.54, 1.807) is 6.07 Å². The van der Waals surface area contributed by atoms with E-state index in [0.717, 1.165) is 19.6 Å².